The summed E-state index contributed by atoms with van der Waals surface area (Å²) in [6.07, 6.45) is 4.54. The van der Waals surface area contributed by atoms with E-state index in [1.165, 1.54) is 23.6 Å². The van der Waals surface area contributed by atoms with Crippen LogP contribution >= 0.6 is 11.3 Å². The van der Waals surface area contributed by atoms with Crippen molar-refractivity contribution >= 4 is 29.2 Å². The zero-order valence-electron chi connectivity index (χ0n) is 10.2. The van der Waals surface area contributed by atoms with Crippen LogP contribution in [0, 0.1) is 6.92 Å². The lowest BCUT2D eigenvalue weighted by atomic mass is 10.1. The molecular formula is C14H11NO3S. The van der Waals surface area contributed by atoms with E-state index >= 15 is 0 Å². The number of Topliss-reactive ketones (excluding diaryl/α,β-unsaturated/α-hetero) is 1. The molecule has 0 saturated carbocycles. The fourth-order valence-electron chi connectivity index (χ4n) is 1.59. The van der Waals surface area contributed by atoms with E-state index in [0.29, 0.717) is 10.4 Å². The molecule has 0 radical (unpaired) electrons. The van der Waals surface area contributed by atoms with Crippen molar-refractivity contribution in [2.24, 2.45) is 0 Å². The highest BCUT2D eigenvalue weighted by molar-refractivity contribution is 7.12. The van der Waals surface area contributed by atoms with Crippen molar-refractivity contribution in [1.29, 1.82) is 0 Å². The third-order valence-electron chi connectivity index (χ3n) is 2.43. The van der Waals surface area contributed by atoms with Gasteiger partial charge in [-0.2, -0.15) is 0 Å². The number of carboxylic acids is 1. The topological polar surface area (TPSA) is 67.3 Å². The highest BCUT2D eigenvalue weighted by atomic mass is 32.1. The van der Waals surface area contributed by atoms with Crippen LogP contribution in [-0.4, -0.2) is 21.8 Å². The number of carbonyl (C=O) groups excluding carboxylic acids is 1. The van der Waals surface area contributed by atoms with Gasteiger partial charge < -0.3 is 5.11 Å². The molecule has 2 aromatic rings. The summed E-state index contributed by atoms with van der Waals surface area (Å²) in [5.74, 6) is -1.72. The van der Waals surface area contributed by atoms with Crippen LogP contribution in [0.25, 0.3) is 6.08 Å². The third-order valence-corrected chi connectivity index (χ3v) is 3.30. The van der Waals surface area contributed by atoms with Crippen LogP contribution in [0.3, 0.4) is 0 Å². The largest absolute Gasteiger partial charge is 0.478 e. The SMILES string of the molecule is Cc1cncc(/C=C(\C(=O)O)C(=O)c2cccs2)c1. The molecule has 0 aromatic carbocycles. The summed E-state index contributed by atoms with van der Waals surface area (Å²) in [5, 5.41) is 10.9. The lowest BCUT2D eigenvalue weighted by molar-refractivity contribution is -0.132. The molecule has 0 spiro atoms. The van der Waals surface area contributed by atoms with Crippen LogP contribution in [0.4, 0.5) is 0 Å². The first-order chi connectivity index (χ1) is 9.08. The first-order valence-electron chi connectivity index (χ1n) is 5.53. The van der Waals surface area contributed by atoms with E-state index in [1.54, 1.807) is 29.8 Å². The van der Waals surface area contributed by atoms with Crippen LogP contribution in [0.15, 0.2) is 41.5 Å². The molecule has 2 heterocycles. The molecule has 0 fully saturated rings. The van der Waals surface area contributed by atoms with Gasteiger partial charge >= 0.3 is 5.97 Å². The van der Waals surface area contributed by atoms with Gasteiger partial charge in [-0.1, -0.05) is 6.07 Å². The van der Waals surface area contributed by atoms with E-state index in [9.17, 15) is 9.59 Å². The zero-order valence-corrected chi connectivity index (χ0v) is 11.0. The number of aliphatic carboxylic acids is 1. The van der Waals surface area contributed by atoms with Crippen molar-refractivity contribution in [3.63, 3.8) is 0 Å². The molecule has 96 valence electrons. The van der Waals surface area contributed by atoms with Gasteiger partial charge in [-0.25, -0.2) is 4.79 Å². The molecule has 1 N–H and O–H groups in total. The second-order valence-electron chi connectivity index (χ2n) is 3.97. The Hall–Kier alpha value is -2.27. The van der Waals surface area contributed by atoms with E-state index in [4.69, 9.17) is 5.11 Å². The lowest BCUT2D eigenvalue weighted by Gasteiger charge is -2.01. The highest BCUT2D eigenvalue weighted by Crippen LogP contribution is 2.17. The van der Waals surface area contributed by atoms with E-state index in [0.717, 1.165) is 5.56 Å². The fourth-order valence-corrected chi connectivity index (χ4v) is 2.27. The second-order valence-corrected chi connectivity index (χ2v) is 4.91. The Morgan fingerprint density at radius 2 is 2.16 bits per heavy atom. The van der Waals surface area contributed by atoms with Gasteiger partial charge in [0.25, 0.3) is 0 Å². The molecule has 0 atom stereocenters. The zero-order chi connectivity index (χ0) is 13.8. The van der Waals surface area contributed by atoms with Crippen LogP contribution in [0.1, 0.15) is 20.8 Å². The number of ketones is 1. The van der Waals surface area contributed by atoms with Gasteiger partial charge in [0, 0.05) is 12.4 Å². The first-order valence-corrected chi connectivity index (χ1v) is 6.41. The minimum atomic E-state index is -1.24. The van der Waals surface area contributed by atoms with Crippen molar-refractivity contribution in [2.75, 3.05) is 0 Å². The number of hydrogen-bond donors (Lipinski definition) is 1. The standard InChI is InChI=1S/C14H11NO3S/c1-9-5-10(8-15-7-9)6-11(14(17)18)13(16)12-3-2-4-19-12/h2-8H,1H3,(H,17,18)/b11-6-. The molecule has 0 unspecified atom stereocenters. The van der Waals surface area contributed by atoms with Gasteiger partial charge in [-0.15, -0.1) is 11.3 Å². The van der Waals surface area contributed by atoms with Crippen molar-refractivity contribution in [3.05, 3.63) is 57.6 Å². The number of carbonyl (C=O) groups is 2. The Morgan fingerprint density at radius 3 is 2.74 bits per heavy atom. The van der Waals surface area contributed by atoms with Crippen LogP contribution in [0.2, 0.25) is 0 Å². The maximum absolute atomic E-state index is 12.1. The van der Waals surface area contributed by atoms with Gasteiger partial charge in [0.1, 0.15) is 5.57 Å². The summed E-state index contributed by atoms with van der Waals surface area (Å²) < 4.78 is 0. The first kappa shape index (κ1) is 13.2. The molecule has 0 aliphatic rings. The average Bonchev–Trinajstić information content (AvgIpc) is 2.88. The van der Waals surface area contributed by atoms with E-state index in [-0.39, 0.29) is 5.57 Å². The van der Waals surface area contributed by atoms with Crippen molar-refractivity contribution in [1.82, 2.24) is 4.98 Å². The molecule has 2 rings (SSSR count). The van der Waals surface area contributed by atoms with Crippen LogP contribution in [-0.2, 0) is 4.79 Å². The smallest absolute Gasteiger partial charge is 0.339 e. The Labute approximate surface area is 114 Å². The number of aryl methyl sites for hydroxylation is 1. The summed E-state index contributed by atoms with van der Waals surface area (Å²) in [5.41, 5.74) is 1.25. The monoisotopic (exact) mass is 273 g/mol. The molecular weight excluding hydrogens is 262 g/mol. The molecule has 0 saturated heterocycles. The Balaban J connectivity index is 2.41. The van der Waals surface area contributed by atoms with Crippen molar-refractivity contribution < 1.29 is 14.7 Å². The van der Waals surface area contributed by atoms with E-state index in [1.807, 2.05) is 6.92 Å². The lowest BCUT2D eigenvalue weighted by Crippen LogP contribution is -2.11. The minimum absolute atomic E-state index is 0.255. The molecule has 0 aliphatic heterocycles. The average molecular weight is 273 g/mol. The molecule has 0 amide bonds. The normalized spacial score (nSPS) is 11.3. The van der Waals surface area contributed by atoms with Crippen LogP contribution in [0.5, 0.6) is 0 Å². The second kappa shape index (κ2) is 5.58. The predicted octanol–water partition coefficient (Wildman–Crippen LogP) is 2.80. The number of hydrogen-bond acceptors (Lipinski definition) is 4. The summed E-state index contributed by atoms with van der Waals surface area (Å²) in [6, 6.07) is 5.10. The Kier molecular flexibility index (Phi) is 3.87. The predicted molar refractivity (Wildman–Crippen MR) is 73.2 cm³/mol. The molecule has 4 nitrogen and oxygen atoms in total. The van der Waals surface area contributed by atoms with Crippen LogP contribution < -0.4 is 0 Å². The maximum atomic E-state index is 12.1. The number of thiophene rings is 1. The van der Waals surface area contributed by atoms with Crippen molar-refractivity contribution in [2.45, 2.75) is 6.92 Å². The summed E-state index contributed by atoms with van der Waals surface area (Å²) in [6.45, 7) is 1.85. The van der Waals surface area contributed by atoms with E-state index < -0.39 is 11.8 Å². The fraction of sp³-hybridized carbons (Fsp3) is 0.0714. The number of carboxylic acid groups (broad SMARTS) is 1. The third kappa shape index (κ3) is 3.14. The maximum Gasteiger partial charge on any atom is 0.339 e. The van der Waals surface area contributed by atoms with Gasteiger partial charge in [-0.3, -0.25) is 9.78 Å². The molecule has 5 heteroatoms. The van der Waals surface area contributed by atoms with Crippen molar-refractivity contribution in [3.8, 4) is 0 Å². The number of nitrogens with zero attached hydrogens (tertiary/aromatic N) is 1. The van der Waals surface area contributed by atoms with E-state index in [2.05, 4.69) is 4.98 Å². The van der Waals surface area contributed by atoms with Gasteiger partial charge in [-0.05, 0) is 41.6 Å². The Bertz CT molecular complexity index is 644. The number of pyridine rings is 1. The molecule has 19 heavy (non-hydrogen) atoms. The number of rotatable bonds is 4. The van der Waals surface area contributed by atoms with Gasteiger partial charge in [0.05, 0.1) is 4.88 Å². The molecule has 0 aliphatic carbocycles. The minimum Gasteiger partial charge on any atom is -0.478 e. The number of aromatic nitrogens is 1. The molecule has 0 bridgehead atoms. The van der Waals surface area contributed by atoms with Gasteiger partial charge in [0.2, 0.25) is 5.78 Å². The summed E-state index contributed by atoms with van der Waals surface area (Å²) in [4.78, 5) is 27.7. The summed E-state index contributed by atoms with van der Waals surface area (Å²) >= 11 is 1.22. The highest BCUT2D eigenvalue weighted by Gasteiger charge is 2.19. The summed E-state index contributed by atoms with van der Waals surface area (Å²) in [7, 11) is 0. The molecule has 2 aromatic heterocycles. The Morgan fingerprint density at radius 1 is 1.37 bits per heavy atom. The van der Waals surface area contributed by atoms with Gasteiger partial charge in [0.15, 0.2) is 0 Å². The quantitative estimate of drug-likeness (QED) is 0.402.